The van der Waals surface area contributed by atoms with Crippen LogP contribution in [0.4, 0.5) is 19.1 Å². The molecule has 0 saturated carbocycles. The Labute approximate surface area is 165 Å². The lowest BCUT2D eigenvalue weighted by atomic mass is 10.4. The van der Waals surface area contributed by atoms with Crippen LogP contribution in [0.25, 0.3) is 0 Å². The molecular formula is C17H24F3N7S. The van der Waals surface area contributed by atoms with Crippen molar-refractivity contribution in [2.45, 2.75) is 32.9 Å². The minimum atomic E-state index is -4.49. The van der Waals surface area contributed by atoms with Crippen LogP contribution in [0.15, 0.2) is 23.5 Å². The second-order valence-corrected chi connectivity index (χ2v) is 6.90. The highest BCUT2D eigenvalue weighted by Crippen LogP contribution is 2.27. The molecule has 2 aromatic heterocycles. The van der Waals surface area contributed by atoms with E-state index in [1.165, 1.54) is 4.88 Å². The van der Waals surface area contributed by atoms with Crippen molar-refractivity contribution in [3.05, 3.63) is 34.0 Å². The van der Waals surface area contributed by atoms with Gasteiger partial charge in [-0.05, 0) is 19.4 Å². The van der Waals surface area contributed by atoms with Crippen molar-refractivity contribution in [3.63, 3.8) is 0 Å². The highest BCUT2D eigenvalue weighted by Gasteiger charge is 2.32. The van der Waals surface area contributed by atoms with E-state index in [4.69, 9.17) is 0 Å². The number of thiazole rings is 1. The van der Waals surface area contributed by atoms with Gasteiger partial charge in [-0.3, -0.25) is 4.99 Å². The summed E-state index contributed by atoms with van der Waals surface area (Å²) in [6.45, 7) is 6.14. The number of guanidine groups is 1. The van der Waals surface area contributed by atoms with Crippen LogP contribution >= 0.6 is 11.3 Å². The van der Waals surface area contributed by atoms with E-state index in [1.807, 2.05) is 13.1 Å². The third-order valence-corrected chi connectivity index (χ3v) is 4.74. The summed E-state index contributed by atoms with van der Waals surface area (Å²) in [5, 5.41) is 10.1. The topological polar surface area (TPSA) is 87.1 Å². The molecule has 7 nitrogen and oxygen atoms in total. The van der Waals surface area contributed by atoms with Crippen LogP contribution in [0.5, 0.6) is 0 Å². The zero-order valence-corrected chi connectivity index (χ0v) is 16.6. The Balaban J connectivity index is 1.78. The Bertz CT molecular complexity index is 761. The van der Waals surface area contributed by atoms with Crippen LogP contribution in [0, 0.1) is 0 Å². The molecule has 0 spiro atoms. The maximum Gasteiger partial charge on any atom is 0.433 e. The van der Waals surface area contributed by atoms with Gasteiger partial charge in [0.05, 0.1) is 5.01 Å². The Morgan fingerprint density at radius 2 is 2.00 bits per heavy atom. The Kier molecular flexibility index (Phi) is 8.42. The summed E-state index contributed by atoms with van der Waals surface area (Å²) in [6.07, 6.45) is 0.234. The molecule has 0 amide bonds. The highest BCUT2D eigenvalue weighted by atomic mass is 32.1. The molecule has 0 aliphatic heterocycles. The van der Waals surface area contributed by atoms with E-state index < -0.39 is 11.9 Å². The van der Waals surface area contributed by atoms with Crippen LogP contribution in [-0.2, 0) is 19.0 Å². The highest BCUT2D eigenvalue weighted by molar-refractivity contribution is 7.11. The largest absolute Gasteiger partial charge is 0.433 e. The summed E-state index contributed by atoms with van der Waals surface area (Å²) in [5.41, 5.74) is -0.971. The van der Waals surface area contributed by atoms with Crippen molar-refractivity contribution in [1.82, 2.24) is 25.6 Å². The number of rotatable bonds is 9. The van der Waals surface area contributed by atoms with Crippen molar-refractivity contribution < 1.29 is 13.2 Å². The molecule has 0 radical (unpaired) electrons. The van der Waals surface area contributed by atoms with E-state index in [2.05, 4.69) is 42.8 Å². The number of alkyl halides is 3. The molecule has 2 aromatic rings. The minimum Gasteiger partial charge on any atom is -0.357 e. The predicted molar refractivity (Wildman–Crippen MR) is 105 cm³/mol. The zero-order valence-electron chi connectivity index (χ0n) is 15.8. The Morgan fingerprint density at radius 3 is 2.68 bits per heavy atom. The normalized spacial score (nSPS) is 12.1. The standard InChI is InChI=1S/C17H24F3N7S/c1-3-12-11-26-14(28-12)6-8-22-15(21-4-2)24-9-10-25-16-23-7-5-13(27-16)17(18,19)20/h5,7,11H,3-4,6,8-10H2,1-2H3,(H2,21,22,24)(H,23,25,27). The number of aryl methyl sites for hydroxylation is 1. The number of nitrogens with zero attached hydrogens (tertiary/aromatic N) is 4. The van der Waals surface area contributed by atoms with Gasteiger partial charge in [-0.15, -0.1) is 11.3 Å². The van der Waals surface area contributed by atoms with E-state index in [-0.39, 0.29) is 5.95 Å². The van der Waals surface area contributed by atoms with Crippen molar-refractivity contribution in [3.8, 4) is 0 Å². The first kappa shape index (κ1) is 21.9. The molecule has 0 fully saturated rings. The zero-order chi connectivity index (χ0) is 20.4. The lowest BCUT2D eigenvalue weighted by Gasteiger charge is -2.12. The first-order valence-corrected chi connectivity index (χ1v) is 9.84. The van der Waals surface area contributed by atoms with E-state index in [1.54, 1.807) is 11.3 Å². The molecule has 3 N–H and O–H groups in total. The molecule has 0 aromatic carbocycles. The molecule has 11 heteroatoms. The monoisotopic (exact) mass is 415 g/mol. The Morgan fingerprint density at radius 1 is 1.18 bits per heavy atom. The molecule has 0 saturated heterocycles. The van der Waals surface area contributed by atoms with Gasteiger partial charge in [-0.2, -0.15) is 13.2 Å². The fraction of sp³-hybridized carbons (Fsp3) is 0.529. The fourth-order valence-corrected chi connectivity index (χ4v) is 3.04. The number of aromatic nitrogens is 3. The van der Waals surface area contributed by atoms with E-state index in [0.717, 1.165) is 30.1 Å². The lowest BCUT2D eigenvalue weighted by molar-refractivity contribution is -0.141. The fourth-order valence-electron chi connectivity index (χ4n) is 2.19. The number of anilines is 1. The summed E-state index contributed by atoms with van der Waals surface area (Å²) >= 11 is 1.69. The number of halogens is 3. The third-order valence-electron chi connectivity index (χ3n) is 3.54. The van der Waals surface area contributed by atoms with Crippen molar-refractivity contribution in [2.24, 2.45) is 4.99 Å². The van der Waals surface area contributed by atoms with Crippen LogP contribution in [0.2, 0.25) is 0 Å². The maximum absolute atomic E-state index is 12.7. The van der Waals surface area contributed by atoms with Gasteiger partial charge in [-0.1, -0.05) is 6.92 Å². The SMILES string of the molecule is CCNC(=NCCc1ncc(CC)s1)NCCNc1nccc(C(F)(F)F)n1. The average Bonchev–Trinajstić information content (AvgIpc) is 3.13. The lowest BCUT2D eigenvalue weighted by Crippen LogP contribution is -2.39. The number of aliphatic imine (C=N–C) groups is 1. The van der Waals surface area contributed by atoms with Gasteiger partial charge in [0.15, 0.2) is 5.96 Å². The summed E-state index contributed by atoms with van der Waals surface area (Å²) < 4.78 is 38.0. The third kappa shape index (κ3) is 7.29. The molecule has 0 bridgehead atoms. The quantitative estimate of drug-likeness (QED) is 0.332. The molecule has 0 aliphatic carbocycles. The van der Waals surface area contributed by atoms with Crippen LogP contribution in [-0.4, -0.2) is 47.1 Å². The number of hydrogen-bond acceptors (Lipinski definition) is 6. The van der Waals surface area contributed by atoms with E-state index >= 15 is 0 Å². The van der Waals surface area contributed by atoms with Crippen LogP contribution < -0.4 is 16.0 Å². The minimum absolute atomic E-state index is 0.0611. The first-order valence-electron chi connectivity index (χ1n) is 9.02. The maximum atomic E-state index is 12.7. The molecule has 28 heavy (non-hydrogen) atoms. The van der Waals surface area contributed by atoms with Gasteiger partial charge in [0.1, 0.15) is 5.69 Å². The van der Waals surface area contributed by atoms with Crippen molar-refractivity contribution in [2.75, 3.05) is 31.5 Å². The molecular weight excluding hydrogens is 391 g/mol. The van der Waals surface area contributed by atoms with Crippen LogP contribution in [0.3, 0.4) is 0 Å². The van der Waals surface area contributed by atoms with Gasteiger partial charge in [-0.25, -0.2) is 15.0 Å². The van der Waals surface area contributed by atoms with Gasteiger partial charge in [0, 0.05) is 49.9 Å². The van der Waals surface area contributed by atoms with Gasteiger partial charge >= 0.3 is 6.18 Å². The smallest absolute Gasteiger partial charge is 0.357 e. The van der Waals surface area contributed by atoms with Crippen LogP contribution in [0.1, 0.15) is 29.4 Å². The molecule has 0 atom stereocenters. The predicted octanol–water partition coefficient (Wildman–Crippen LogP) is 2.72. The number of nitrogens with one attached hydrogen (secondary N) is 3. The van der Waals surface area contributed by atoms with E-state index in [0.29, 0.717) is 32.1 Å². The summed E-state index contributed by atoms with van der Waals surface area (Å²) in [4.78, 5) is 17.4. The Hall–Kier alpha value is -2.43. The molecule has 2 rings (SSSR count). The second kappa shape index (κ2) is 10.8. The summed E-state index contributed by atoms with van der Waals surface area (Å²) in [5.74, 6) is 0.579. The molecule has 0 unspecified atom stereocenters. The first-order chi connectivity index (χ1) is 13.4. The van der Waals surface area contributed by atoms with Gasteiger partial charge < -0.3 is 16.0 Å². The number of hydrogen-bond donors (Lipinski definition) is 3. The van der Waals surface area contributed by atoms with Gasteiger partial charge in [0.25, 0.3) is 0 Å². The summed E-state index contributed by atoms with van der Waals surface area (Å²) in [6, 6.07) is 0.839. The molecule has 0 aliphatic rings. The molecule has 2 heterocycles. The second-order valence-electron chi connectivity index (χ2n) is 5.70. The van der Waals surface area contributed by atoms with Crippen molar-refractivity contribution in [1.29, 1.82) is 0 Å². The van der Waals surface area contributed by atoms with Gasteiger partial charge in [0.2, 0.25) is 5.95 Å². The van der Waals surface area contributed by atoms with E-state index in [9.17, 15) is 13.2 Å². The molecule has 154 valence electrons. The summed E-state index contributed by atoms with van der Waals surface area (Å²) in [7, 11) is 0. The van der Waals surface area contributed by atoms with Crippen molar-refractivity contribution >= 4 is 23.2 Å². The average molecular weight is 415 g/mol.